The molecule has 0 fully saturated rings. The summed E-state index contributed by atoms with van der Waals surface area (Å²) in [5, 5.41) is 0. The first kappa shape index (κ1) is 35.8. The average molecular weight is 610 g/mol. The lowest BCUT2D eigenvalue weighted by atomic mass is 9.14. The Kier molecular flexibility index (Phi) is 16.2. The Morgan fingerprint density at radius 2 is 0.822 bits per heavy atom. The van der Waals surface area contributed by atoms with Crippen molar-refractivity contribution in [2.24, 2.45) is 0 Å². The monoisotopic (exact) mass is 609 g/mol. The summed E-state index contributed by atoms with van der Waals surface area (Å²) < 4.78 is 18.6. The lowest BCUT2D eigenvalue weighted by molar-refractivity contribution is -0.693. The Morgan fingerprint density at radius 3 is 1.13 bits per heavy atom. The van der Waals surface area contributed by atoms with Gasteiger partial charge in [-0.3, -0.25) is 0 Å². The van der Waals surface area contributed by atoms with E-state index in [4.69, 9.17) is 14.2 Å². The van der Waals surface area contributed by atoms with Crippen molar-refractivity contribution in [3.8, 4) is 17.2 Å². The third-order valence-corrected chi connectivity index (χ3v) is 9.19. The third kappa shape index (κ3) is 11.0. The van der Waals surface area contributed by atoms with Crippen LogP contribution in [0.2, 0.25) is 6.32 Å². The van der Waals surface area contributed by atoms with E-state index >= 15 is 0 Å². The van der Waals surface area contributed by atoms with Crippen LogP contribution in [0, 0.1) is 0 Å². The molecule has 1 aromatic heterocycles. The highest BCUT2D eigenvalue weighted by molar-refractivity contribution is 7.11. The van der Waals surface area contributed by atoms with Gasteiger partial charge in [0.15, 0.2) is 12.4 Å². The van der Waals surface area contributed by atoms with Crippen LogP contribution in [0.15, 0.2) is 103 Å². The van der Waals surface area contributed by atoms with Crippen LogP contribution >= 0.6 is 0 Å². The summed E-state index contributed by atoms with van der Waals surface area (Å²) in [4.78, 5) is 0. The van der Waals surface area contributed by atoms with Gasteiger partial charge in [-0.2, -0.15) is 22.7 Å². The standard InChI is InChI=1S/C33H46BO3.C7H10N/c1-5-6-7-8-9-10-11-12-13-14-27-34(28-15-21-31(35-2)22-16-28,29-17-23-32(36-3)24-18-29)30-19-25-33(37-4)26-20-30;1-2-8-6-4-3-5-7-8/h15-26H,5-14,27H2,1-4H3;3-7H,2H2,1H3/q-1;+1. The lowest BCUT2D eigenvalue weighted by Crippen LogP contribution is -2.66. The summed E-state index contributed by atoms with van der Waals surface area (Å²) in [6, 6.07) is 32.2. The number of benzene rings is 3. The van der Waals surface area contributed by atoms with Gasteiger partial charge in [0.2, 0.25) is 0 Å². The van der Waals surface area contributed by atoms with Gasteiger partial charge in [0.25, 0.3) is 0 Å². The number of hydrogen-bond acceptors (Lipinski definition) is 3. The maximum absolute atomic E-state index is 5.49. The van der Waals surface area contributed by atoms with Crippen molar-refractivity contribution < 1.29 is 18.8 Å². The molecule has 0 saturated carbocycles. The van der Waals surface area contributed by atoms with Crippen LogP contribution in [0.5, 0.6) is 17.2 Å². The molecule has 0 bridgehead atoms. The summed E-state index contributed by atoms with van der Waals surface area (Å²) in [5.74, 6) is 2.66. The van der Waals surface area contributed by atoms with Crippen molar-refractivity contribution in [3.05, 3.63) is 103 Å². The van der Waals surface area contributed by atoms with E-state index in [1.165, 1.54) is 80.6 Å². The predicted molar refractivity (Wildman–Crippen MR) is 193 cm³/mol. The highest BCUT2D eigenvalue weighted by Gasteiger charge is 2.29. The first-order chi connectivity index (χ1) is 22.1. The molecule has 0 amide bonds. The van der Waals surface area contributed by atoms with Crippen molar-refractivity contribution in [2.45, 2.75) is 90.9 Å². The molecule has 0 unspecified atom stereocenters. The van der Waals surface area contributed by atoms with E-state index in [1.807, 2.05) is 18.2 Å². The molecule has 4 aromatic rings. The maximum atomic E-state index is 5.49. The van der Waals surface area contributed by atoms with Gasteiger partial charge in [-0.15, -0.1) is 0 Å². The second-order valence-corrected chi connectivity index (χ2v) is 12.0. The fourth-order valence-corrected chi connectivity index (χ4v) is 6.46. The van der Waals surface area contributed by atoms with Crippen LogP contribution in [0.25, 0.3) is 0 Å². The Balaban J connectivity index is 0.000000598. The van der Waals surface area contributed by atoms with E-state index in [0.717, 1.165) is 30.1 Å². The molecule has 4 nitrogen and oxygen atoms in total. The molecule has 0 N–H and O–H groups in total. The van der Waals surface area contributed by atoms with Gasteiger partial charge in [-0.25, -0.2) is 4.57 Å². The molecule has 0 spiro atoms. The summed E-state index contributed by atoms with van der Waals surface area (Å²) in [6.45, 7) is 5.46. The van der Waals surface area contributed by atoms with E-state index in [-0.39, 0.29) is 0 Å². The lowest BCUT2D eigenvalue weighted by Gasteiger charge is -2.43. The Labute approximate surface area is 273 Å². The van der Waals surface area contributed by atoms with Crippen LogP contribution in [0.3, 0.4) is 0 Å². The summed E-state index contributed by atoms with van der Waals surface area (Å²) in [5.41, 5.74) is 4.02. The molecule has 0 radical (unpaired) electrons. The highest BCUT2D eigenvalue weighted by Crippen LogP contribution is 2.22. The third-order valence-electron chi connectivity index (χ3n) is 9.19. The van der Waals surface area contributed by atoms with Crippen molar-refractivity contribution in [3.63, 3.8) is 0 Å². The largest absolute Gasteiger partial charge is 0.497 e. The molecule has 45 heavy (non-hydrogen) atoms. The minimum absolute atomic E-state index is 0.886. The molecule has 3 aromatic carbocycles. The Bertz CT molecular complexity index is 1190. The molecular weight excluding hydrogens is 553 g/mol. The fraction of sp³-hybridized carbons (Fsp3) is 0.425. The number of ether oxygens (including phenoxy) is 3. The van der Waals surface area contributed by atoms with Gasteiger partial charge < -0.3 is 14.2 Å². The molecule has 0 saturated heterocycles. The second kappa shape index (κ2) is 20.3. The Morgan fingerprint density at radius 1 is 0.467 bits per heavy atom. The van der Waals surface area contributed by atoms with Crippen LogP contribution in [-0.2, 0) is 6.54 Å². The van der Waals surface area contributed by atoms with Gasteiger partial charge in [-0.05, 0) is 43.3 Å². The normalized spacial score (nSPS) is 11.0. The van der Waals surface area contributed by atoms with Crippen LogP contribution in [0.1, 0.15) is 78.1 Å². The molecule has 0 aliphatic rings. The van der Waals surface area contributed by atoms with E-state index in [2.05, 4.69) is 104 Å². The number of aryl methyl sites for hydroxylation is 1. The quantitative estimate of drug-likeness (QED) is 0.0649. The zero-order chi connectivity index (χ0) is 32.2. The van der Waals surface area contributed by atoms with Gasteiger partial charge in [0.1, 0.15) is 23.8 Å². The van der Waals surface area contributed by atoms with E-state index in [1.54, 1.807) is 21.3 Å². The van der Waals surface area contributed by atoms with Crippen LogP contribution < -0.4 is 35.2 Å². The first-order valence-corrected chi connectivity index (χ1v) is 17.2. The first-order valence-electron chi connectivity index (χ1n) is 17.2. The van der Waals surface area contributed by atoms with Crippen LogP contribution in [0.4, 0.5) is 0 Å². The zero-order valence-electron chi connectivity index (χ0n) is 28.5. The number of unbranched alkanes of at least 4 members (excludes halogenated alkanes) is 9. The smallest absolute Gasteiger partial charge is 0.168 e. The number of aromatic nitrogens is 1. The molecule has 0 aliphatic carbocycles. The summed E-state index contributed by atoms with van der Waals surface area (Å²) in [7, 11) is 5.18. The Hall–Kier alpha value is -3.73. The molecule has 242 valence electrons. The van der Waals surface area contributed by atoms with Crippen LogP contribution in [-0.4, -0.2) is 27.5 Å². The van der Waals surface area contributed by atoms with Crippen molar-refractivity contribution in [1.82, 2.24) is 0 Å². The zero-order valence-corrected chi connectivity index (χ0v) is 28.5. The maximum Gasteiger partial charge on any atom is 0.168 e. The molecule has 5 heteroatoms. The molecule has 0 aliphatic heterocycles. The summed E-state index contributed by atoms with van der Waals surface area (Å²) >= 11 is 0. The minimum Gasteiger partial charge on any atom is -0.497 e. The fourth-order valence-electron chi connectivity index (χ4n) is 6.46. The second-order valence-electron chi connectivity index (χ2n) is 12.0. The molecule has 4 rings (SSSR count). The molecule has 0 atom stereocenters. The number of methoxy groups -OCH3 is 3. The van der Waals surface area contributed by atoms with Gasteiger partial charge >= 0.3 is 0 Å². The molecular formula is C40H56BNO3. The van der Waals surface area contributed by atoms with E-state index in [9.17, 15) is 0 Å². The van der Waals surface area contributed by atoms with Gasteiger partial charge in [0.05, 0.1) is 27.5 Å². The van der Waals surface area contributed by atoms with Gasteiger partial charge in [-0.1, -0.05) is 114 Å². The number of pyridine rings is 1. The van der Waals surface area contributed by atoms with Crippen molar-refractivity contribution >= 4 is 22.5 Å². The van der Waals surface area contributed by atoms with Gasteiger partial charge in [0, 0.05) is 12.1 Å². The van der Waals surface area contributed by atoms with Crippen molar-refractivity contribution in [1.29, 1.82) is 0 Å². The number of rotatable bonds is 18. The SMILES string of the molecule is CCCCCCCCCCCC[B-](c1ccc(OC)cc1)(c1ccc(OC)cc1)c1ccc(OC)cc1.CC[n+]1ccccc1. The topological polar surface area (TPSA) is 31.6 Å². The van der Waals surface area contributed by atoms with E-state index < -0.39 is 6.15 Å². The minimum atomic E-state index is -1.18. The molecule has 1 heterocycles. The summed E-state index contributed by atoms with van der Waals surface area (Å²) in [6.07, 6.45) is 17.4. The number of nitrogens with zero attached hydrogens (tertiary/aromatic N) is 1. The highest BCUT2D eigenvalue weighted by atomic mass is 16.5. The van der Waals surface area contributed by atoms with Crippen molar-refractivity contribution in [2.75, 3.05) is 21.3 Å². The number of hydrogen-bond donors (Lipinski definition) is 0. The predicted octanol–water partition coefficient (Wildman–Crippen LogP) is 8.10. The van der Waals surface area contributed by atoms with E-state index in [0.29, 0.717) is 0 Å². The average Bonchev–Trinajstić information content (AvgIpc) is 3.11.